The lowest BCUT2D eigenvalue weighted by molar-refractivity contribution is 0.178. The smallest absolute Gasteiger partial charge is 0.0410 e. The van der Waals surface area contributed by atoms with Gasteiger partial charge in [-0.15, -0.1) is 11.3 Å². The second kappa shape index (κ2) is 5.98. The standard InChI is InChI=1S/C14H24N2S/c1-11(14-8-5-9-17-14)16(2)10-12-6-3-4-7-13(12)15/h5,8-9,11-13H,3-4,6-7,10,15H2,1-2H3. The molecule has 1 aromatic rings. The van der Waals surface area contributed by atoms with Gasteiger partial charge >= 0.3 is 0 Å². The molecule has 0 bridgehead atoms. The Morgan fingerprint density at radius 2 is 2.24 bits per heavy atom. The summed E-state index contributed by atoms with van der Waals surface area (Å²) in [5, 5.41) is 2.16. The van der Waals surface area contributed by atoms with Crippen LogP contribution in [0.2, 0.25) is 0 Å². The van der Waals surface area contributed by atoms with Crippen LogP contribution in [0.4, 0.5) is 0 Å². The molecule has 1 aliphatic carbocycles. The van der Waals surface area contributed by atoms with Gasteiger partial charge in [0.05, 0.1) is 0 Å². The minimum absolute atomic E-state index is 0.418. The van der Waals surface area contributed by atoms with E-state index in [1.807, 2.05) is 11.3 Å². The van der Waals surface area contributed by atoms with Gasteiger partial charge in [-0.3, -0.25) is 4.90 Å². The van der Waals surface area contributed by atoms with Crippen LogP contribution in [-0.4, -0.2) is 24.5 Å². The molecule has 1 fully saturated rings. The predicted octanol–water partition coefficient (Wildman–Crippen LogP) is 3.26. The summed E-state index contributed by atoms with van der Waals surface area (Å²) in [5.74, 6) is 0.691. The molecule has 3 heteroatoms. The highest BCUT2D eigenvalue weighted by Crippen LogP contribution is 2.28. The monoisotopic (exact) mass is 252 g/mol. The molecule has 3 atom stereocenters. The number of thiophene rings is 1. The van der Waals surface area contributed by atoms with Gasteiger partial charge in [-0.1, -0.05) is 18.9 Å². The van der Waals surface area contributed by atoms with Gasteiger partial charge in [0.15, 0.2) is 0 Å². The minimum atomic E-state index is 0.418. The number of nitrogens with two attached hydrogens (primary N) is 1. The van der Waals surface area contributed by atoms with Crippen molar-refractivity contribution in [2.75, 3.05) is 13.6 Å². The maximum absolute atomic E-state index is 6.22. The molecule has 0 aromatic carbocycles. The third-order valence-corrected chi connectivity index (χ3v) is 5.15. The van der Waals surface area contributed by atoms with Gasteiger partial charge < -0.3 is 5.73 Å². The zero-order valence-corrected chi connectivity index (χ0v) is 11.7. The van der Waals surface area contributed by atoms with E-state index in [-0.39, 0.29) is 0 Å². The number of hydrogen-bond donors (Lipinski definition) is 1. The highest BCUT2D eigenvalue weighted by Gasteiger charge is 2.24. The van der Waals surface area contributed by atoms with Crippen molar-refractivity contribution >= 4 is 11.3 Å². The van der Waals surface area contributed by atoms with Gasteiger partial charge in [0.1, 0.15) is 0 Å². The maximum atomic E-state index is 6.22. The molecular weight excluding hydrogens is 228 g/mol. The maximum Gasteiger partial charge on any atom is 0.0410 e. The molecule has 0 aliphatic heterocycles. The van der Waals surface area contributed by atoms with E-state index in [1.165, 1.54) is 30.6 Å². The fourth-order valence-electron chi connectivity index (χ4n) is 2.74. The molecule has 0 radical (unpaired) electrons. The quantitative estimate of drug-likeness (QED) is 0.891. The van der Waals surface area contributed by atoms with E-state index >= 15 is 0 Å². The van der Waals surface area contributed by atoms with Gasteiger partial charge in [0.25, 0.3) is 0 Å². The molecule has 0 saturated heterocycles. The van der Waals surface area contributed by atoms with Gasteiger partial charge in [-0.2, -0.15) is 0 Å². The average Bonchev–Trinajstić information content (AvgIpc) is 2.84. The summed E-state index contributed by atoms with van der Waals surface area (Å²) in [7, 11) is 2.23. The first-order chi connectivity index (χ1) is 8.18. The van der Waals surface area contributed by atoms with Crippen LogP contribution in [0.25, 0.3) is 0 Å². The summed E-state index contributed by atoms with van der Waals surface area (Å²) in [6.07, 6.45) is 5.20. The zero-order chi connectivity index (χ0) is 12.3. The van der Waals surface area contributed by atoms with Crippen LogP contribution in [0.5, 0.6) is 0 Å². The molecule has 3 unspecified atom stereocenters. The van der Waals surface area contributed by atoms with Crippen LogP contribution in [0.1, 0.15) is 43.5 Å². The van der Waals surface area contributed by atoms with E-state index < -0.39 is 0 Å². The van der Waals surface area contributed by atoms with Crippen molar-refractivity contribution in [3.63, 3.8) is 0 Å². The molecule has 1 aromatic heterocycles. The lowest BCUT2D eigenvalue weighted by atomic mass is 9.84. The highest BCUT2D eigenvalue weighted by atomic mass is 32.1. The Bertz CT molecular complexity index is 323. The molecule has 17 heavy (non-hydrogen) atoms. The summed E-state index contributed by atoms with van der Waals surface area (Å²) in [5.41, 5.74) is 6.22. The normalized spacial score (nSPS) is 27.3. The van der Waals surface area contributed by atoms with Crippen molar-refractivity contribution in [1.82, 2.24) is 4.90 Å². The Labute approximate surface area is 109 Å². The van der Waals surface area contributed by atoms with Gasteiger partial charge in [-0.25, -0.2) is 0 Å². The van der Waals surface area contributed by atoms with Gasteiger partial charge in [0.2, 0.25) is 0 Å². The second-order valence-corrected chi connectivity index (χ2v) is 6.32. The summed E-state index contributed by atoms with van der Waals surface area (Å²) in [4.78, 5) is 3.92. The Morgan fingerprint density at radius 3 is 2.88 bits per heavy atom. The molecule has 1 saturated carbocycles. The molecule has 0 amide bonds. The van der Waals surface area contributed by atoms with Crippen LogP contribution in [0, 0.1) is 5.92 Å². The van der Waals surface area contributed by atoms with Crippen molar-refractivity contribution in [3.8, 4) is 0 Å². The first-order valence-corrected chi connectivity index (χ1v) is 7.55. The Hall–Kier alpha value is -0.380. The fourth-order valence-corrected chi connectivity index (χ4v) is 3.59. The van der Waals surface area contributed by atoms with Crippen LogP contribution >= 0.6 is 11.3 Å². The lowest BCUT2D eigenvalue weighted by Crippen LogP contribution is -2.40. The Kier molecular flexibility index (Phi) is 4.60. The molecule has 2 N–H and O–H groups in total. The van der Waals surface area contributed by atoms with Crippen molar-refractivity contribution in [1.29, 1.82) is 0 Å². The van der Waals surface area contributed by atoms with E-state index in [2.05, 4.69) is 36.4 Å². The fraction of sp³-hybridized carbons (Fsp3) is 0.714. The lowest BCUT2D eigenvalue weighted by Gasteiger charge is -2.34. The number of nitrogens with zero attached hydrogens (tertiary/aromatic N) is 1. The van der Waals surface area contributed by atoms with Crippen molar-refractivity contribution in [2.24, 2.45) is 11.7 Å². The predicted molar refractivity (Wildman–Crippen MR) is 75.3 cm³/mol. The topological polar surface area (TPSA) is 29.3 Å². The molecule has 1 aliphatic rings. The van der Waals surface area contributed by atoms with E-state index in [0.717, 1.165) is 6.54 Å². The van der Waals surface area contributed by atoms with E-state index in [1.54, 1.807) is 0 Å². The summed E-state index contributed by atoms with van der Waals surface area (Å²) in [6.45, 7) is 3.43. The molecule has 1 heterocycles. The first kappa shape index (κ1) is 13.1. The summed E-state index contributed by atoms with van der Waals surface area (Å²) >= 11 is 1.85. The van der Waals surface area contributed by atoms with Gasteiger partial charge in [-0.05, 0) is 44.2 Å². The second-order valence-electron chi connectivity index (χ2n) is 5.34. The molecule has 96 valence electrons. The van der Waals surface area contributed by atoms with Crippen LogP contribution in [0.3, 0.4) is 0 Å². The van der Waals surface area contributed by atoms with Crippen LogP contribution in [-0.2, 0) is 0 Å². The summed E-state index contributed by atoms with van der Waals surface area (Å²) in [6, 6.07) is 5.30. The third-order valence-electron chi connectivity index (χ3n) is 4.11. The SMILES string of the molecule is CC(c1cccs1)N(C)CC1CCCCC1N. The Morgan fingerprint density at radius 1 is 1.47 bits per heavy atom. The first-order valence-electron chi connectivity index (χ1n) is 6.67. The highest BCUT2D eigenvalue weighted by molar-refractivity contribution is 7.10. The number of rotatable bonds is 4. The Balaban J connectivity index is 1.89. The van der Waals surface area contributed by atoms with E-state index in [4.69, 9.17) is 5.73 Å². The zero-order valence-electron chi connectivity index (χ0n) is 10.9. The van der Waals surface area contributed by atoms with Crippen LogP contribution < -0.4 is 5.73 Å². The minimum Gasteiger partial charge on any atom is -0.327 e. The molecular formula is C14H24N2S. The summed E-state index contributed by atoms with van der Waals surface area (Å²) < 4.78 is 0. The van der Waals surface area contributed by atoms with Crippen LogP contribution in [0.15, 0.2) is 17.5 Å². The van der Waals surface area contributed by atoms with E-state index in [9.17, 15) is 0 Å². The largest absolute Gasteiger partial charge is 0.327 e. The van der Waals surface area contributed by atoms with Crippen molar-refractivity contribution in [2.45, 2.75) is 44.7 Å². The third kappa shape index (κ3) is 3.30. The van der Waals surface area contributed by atoms with Crippen molar-refractivity contribution in [3.05, 3.63) is 22.4 Å². The molecule has 2 nitrogen and oxygen atoms in total. The van der Waals surface area contributed by atoms with Gasteiger partial charge in [0, 0.05) is 23.5 Å². The number of hydrogen-bond acceptors (Lipinski definition) is 3. The average molecular weight is 252 g/mol. The van der Waals surface area contributed by atoms with Crippen molar-refractivity contribution < 1.29 is 0 Å². The molecule has 0 spiro atoms. The molecule has 2 rings (SSSR count). The van der Waals surface area contributed by atoms with E-state index in [0.29, 0.717) is 18.0 Å².